The highest BCUT2D eigenvalue weighted by Crippen LogP contribution is 2.13. The molecule has 6 heteroatoms. The lowest BCUT2D eigenvalue weighted by Crippen LogP contribution is -2.37. The van der Waals surface area contributed by atoms with Gasteiger partial charge in [0.1, 0.15) is 0 Å². The SMILES string of the molecule is CCCCCCCCCCCCCCC/C=C/C(=O)O.OCC(CO)(CO)CO. The van der Waals surface area contributed by atoms with Crippen LogP contribution in [-0.2, 0) is 4.79 Å². The van der Waals surface area contributed by atoms with E-state index in [0.29, 0.717) is 0 Å². The Morgan fingerprint density at radius 2 is 1.00 bits per heavy atom. The third-order valence-electron chi connectivity index (χ3n) is 5.08. The number of hydrogen-bond acceptors (Lipinski definition) is 5. The highest BCUT2D eigenvalue weighted by Gasteiger charge is 2.26. The summed E-state index contributed by atoms with van der Waals surface area (Å²) in [5.41, 5.74) is -1.11. The van der Waals surface area contributed by atoms with Crippen LogP contribution in [0.1, 0.15) is 96.8 Å². The third kappa shape index (κ3) is 21.6. The lowest BCUT2D eigenvalue weighted by Gasteiger charge is -2.23. The third-order valence-corrected chi connectivity index (χ3v) is 5.08. The van der Waals surface area contributed by atoms with E-state index >= 15 is 0 Å². The summed E-state index contributed by atoms with van der Waals surface area (Å²) in [6, 6.07) is 0. The number of carboxylic acid groups (broad SMARTS) is 1. The van der Waals surface area contributed by atoms with E-state index in [2.05, 4.69) is 6.92 Å². The predicted molar refractivity (Wildman–Crippen MR) is 118 cm³/mol. The molecule has 0 saturated heterocycles. The Morgan fingerprint density at radius 1 is 0.655 bits per heavy atom. The maximum Gasteiger partial charge on any atom is 0.327 e. The van der Waals surface area contributed by atoms with Crippen molar-refractivity contribution < 1.29 is 30.3 Å². The summed E-state index contributed by atoms with van der Waals surface area (Å²) in [6.07, 6.45) is 21.6. The second-order valence-corrected chi connectivity index (χ2v) is 7.90. The molecule has 0 bridgehead atoms. The average molecular weight is 419 g/mol. The molecular formula is C23H46O6. The lowest BCUT2D eigenvalue weighted by atomic mass is 9.93. The van der Waals surface area contributed by atoms with Gasteiger partial charge in [0.2, 0.25) is 0 Å². The van der Waals surface area contributed by atoms with Crippen LogP contribution in [0.25, 0.3) is 0 Å². The number of carbonyl (C=O) groups is 1. The van der Waals surface area contributed by atoms with Crippen LogP contribution >= 0.6 is 0 Å². The van der Waals surface area contributed by atoms with Crippen LogP contribution in [0.15, 0.2) is 12.2 Å². The summed E-state index contributed by atoms with van der Waals surface area (Å²) in [7, 11) is 0. The van der Waals surface area contributed by atoms with Gasteiger partial charge in [-0.25, -0.2) is 4.79 Å². The number of aliphatic hydroxyl groups excluding tert-OH is 4. The van der Waals surface area contributed by atoms with Crippen molar-refractivity contribution in [1.29, 1.82) is 0 Å². The van der Waals surface area contributed by atoms with Crippen molar-refractivity contribution in [3.8, 4) is 0 Å². The quantitative estimate of drug-likeness (QED) is 0.159. The average Bonchev–Trinajstić information content (AvgIpc) is 2.73. The Kier molecular flexibility index (Phi) is 24.3. The van der Waals surface area contributed by atoms with Crippen molar-refractivity contribution >= 4 is 5.97 Å². The highest BCUT2D eigenvalue weighted by atomic mass is 16.4. The molecule has 0 saturated carbocycles. The smallest absolute Gasteiger partial charge is 0.327 e. The lowest BCUT2D eigenvalue weighted by molar-refractivity contribution is -0.131. The van der Waals surface area contributed by atoms with E-state index in [1.54, 1.807) is 6.08 Å². The minimum Gasteiger partial charge on any atom is -0.478 e. The molecule has 0 aromatic rings. The molecule has 0 atom stereocenters. The fourth-order valence-corrected chi connectivity index (χ4v) is 2.76. The topological polar surface area (TPSA) is 118 Å². The largest absolute Gasteiger partial charge is 0.478 e. The first-order chi connectivity index (χ1) is 14.0. The minimum absolute atomic E-state index is 0.406. The Balaban J connectivity index is 0. The van der Waals surface area contributed by atoms with Crippen molar-refractivity contribution in [2.75, 3.05) is 26.4 Å². The number of aliphatic carboxylic acids is 1. The zero-order valence-electron chi connectivity index (χ0n) is 18.5. The van der Waals surface area contributed by atoms with Gasteiger partial charge >= 0.3 is 5.97 Å². The van der Waals surface area contributed by atoms with Crippen LogP contribution in [0.4, 0.5) is 0 Å². The van der Waals surface area contributed by atoms with Gasteiger partial charge in [-0.2, -0.15) is 0 Å². The number of carboxylic acids is 1. The molecule has 0 heterocycles. The molecule has 6 nitrogen and oxygen atoms in total. The summed E-state index contributed by atoms with van der Waals surface area (Å²) < 4.78 is 0. The number of hydrogen-bond donors (Lipinski definition) is 5. The van der Waals surface area contributed by atoms with Gasteiger partial charge in [-0.1, -0.05) is 90.0 Å². The van der Waals surface area contributed by atoms with Gasteiger partial charge in [0, 0.05) is 6.08 Å². The standard InChI is InChI=1S/C18H34O2.C5H12O4/c1-2-3-4-5-6-7-8-9-10-11-12-13-14-15-16-17-18(19)20;6-1-5(2-7,3-8)4-9/h16-17H,2-15H2,1H3,(H,19,20);6-9H,1-4H2/b17-16+;. The Bertz CT molecular complexity index is 349. The molecule has 0 aliphatic carbocycles. The molecule has 0 unspecified atom stereocenters. The van der Waals surface area contributed by atoms with Crippen molar-refractivity contribution in [2.45, 2.75) is 96.8 Å². The summed E-state index contributed by atoms with van der Waals surface area (Å²) in [6.45, 7) is 0.641. The van der Waals surface area contributed by atoms with Gasteiger partial charge in [0.15, 0.2) is 0 Å². The molecule has 0 spiro atoms. The molecule has 0 amide bonds. The summed E-state index contributed by atoms with van der Waals surface area (Å²) in [5, 5.41) is 42.4. The second-order valence-electron chi connectivity index (χ2n) is 7.90. The molecule has 5 N–H and O–H groups in total. The van der Waals surface area contributed by atoms with Crippen molar-refractivity contribution in [3.05, 3.63) is 12.2 Å². The zero-order chi connectivity index (χ0) is 22.2. The van der Waals surface area contributed by atoms with Crippen LogP contribution in [0.2, 0.25) is 0 Å². The molecule has 0 aromatic heterocycles. The molecule has 0 aliphatic heterocycles. The van der Waals surface area contributed by atoms with Gasteiger partial charge in [0.25, 0.3) is 0 Å². The van der Waals surface area contributed by atoms with Gasteiger partial charge < -0.3 is 25.5 Å². The van der Waals surface area contributed by atoms with E-state index in [9.17, 15) is 4.79 Å². The Morgan fingerprint density at radius 3 is 1.28 bits per heavy atom. The van der Waals surface area contributed by atoms with E-state index in [0.717, 1.165) is 12.8 Å². The first-order valence-electron chi connectivity index (χ1n) is 11.3. The van der Waals surface area contributed by atoms with Gasteiger partial charge in [-0.05, 0) is 12.8 Å². The number of rotatable bonds is 19. The zero-order valence-corrected chi connectivity index (χ0v) is 18.5. The Labute approximate surface area is 177 Å². The molecule has 0 fully saturated rings. The summed E-state index contributed by atoms with van der Waals surface area (Å²) in [4.78, 5) is 10.2. The molecule has 0 aliphatic rings. The number of allylic oxidation sites excluding steroid dienone is 1. The van der Waals surface area contributed by atoms with Gasteiger partial charge in [-0.15, -0.1) is 0 Å². The molecular weight excluding hydrogens is 372 g/mol. The van der Waals surface area contributed by atoms with Crippen LogP contribution < -0.4 is 0 Å². The van der Waals surface area contributed by atoms with Crippen molar-refractivity contribution in [2.24, 2.45) is 5.41 Å². The predicted octanol–water partition coefficient (Wildman–Crippen LogP) is 4.05. The van der Waals surface area contributed by atoms with Crippen LogP contribution in [0, 0.1) is 5.41 Å². The normalized spacial score (nSPS) is 11.5. The van der Waals surface area contributed by atoms with E-state index in [1.807, 2.05) is 0 Å². The van der Waals surface area contributed by atoms with E-state index in [-0.39, 0.29) is 0 Å². The van der Waals surface area contributed by atoms with E-state index in [4.69, 9.17) is 25.5 Å². The summed E-state index contributed by atoms with van der Waals surface area (Å²) in [5.74, 6) is -0.834. The maximum absolute atomic E-state index is 10.2. The molecule has 174 valence electrons. The molecule has 29 heavy (non-hydrogen) atoms. The number of unbranched alkanes of at least 4 members (excludes halogenated alkanes) is 13. The van der Waals surface area contributed by atoms with Crippen molar-refractivity contribution in [1.82, 2.24) is 0 Å². The van der Waals surface area contributed by atoms with Gasteiger partial charge in [0.05, 0.1) is 31.8 Å². The summed E-state index contributed by atoms with van der Waals surface area (Å²) >= 11 is 0. The Hall–Kier alpha value is -0.950. The molecule has 0 rings (SSSR count). The van der Waals surface area contributed by atoms with E-state index < -0.39 is 37.8 Å². The van der Waals surface area contributed by atoms with Crippen LogP contribution in [0.3, 0.4) is 0 Å². The van der Waals surface area contributed by atoms with E-state index in [1.165, 1.54) is 83.1 Å². The molecule has 0 radical (unpaired) electrons. The number of aliphatic hydroxyl groups is 4. The fraction of sp³-hybridized carbons (Fsp3) is 0.870. The van der Waals surface area contributed by atoms with Crippen LogP contribution in [0.5, 0.6) is 0 Å². The second kappa shape index (κ2) is 23.3. The monoisotopic (exact) mass is 418 g/mol. The van der Waals surface area contributed by atoms with Gasteiger partial charge in [-0.3, -0.25) is 0 Å². The van der Waals surface area contributed by atoms with Crippen LogP contribution in [-0.4, -0.2) is 57.9 Å². The highest BCUT2D eigenvalue weighted by molar-refractivity contribution is 5.79. The fourth-order valence-electron chi connectivity index (χ4n) is 2.76. The first-order valence-corrected chi connectivity index (χ1v) is 11.3. The molecule has 0 aromatic carbocycles. The first kappa shape index (κ1) is 30.2. The van der Waals surface area contributed by atoms with Crippen molar-refractivity contribution in [3.63, 3.8) is 0 Å². The maximum atomic E-state index is 10.2. The minimum atomic E-state index is -1.11.